The van der Waals surface area contributed by atoms with E-state index < -0.39 is 0 Å². The molecule has 0 bridgehead atoms. The highest BCUT2D eigenvalue weighted by Gasteiger charge is 2.15. The Kier molecular flexibility index (Phi) is 4.76. The molecule has 0 saturated carbocycles. The Bertz CT molecular complexity index is 691. The van der Waals surface area contributed by atoms with Crippen LogP contribution in [0.2, 0.25) is 0 Å². The summed E-state index contributed by atoms with van der Waals surface area (Å²) in [5.74, 6) is 1.84. The maximum absolute atomic E-state index is 8.91. The zero-order valence-corrected chi connectivity index (χ0v) is 13.7. The monoisotopic (exact) mass is 345 g/mol. The van der Waals surface area contributed by atoms with Gasteiger partial charge >= 0.3 is 0 Å². The molecule has 6 heteroatoms. The normalized spacial score (nSPS) is 10.3. The molecule has 1 heterocycles. The topological polar surface area (TPSA) is 73.6 Å². The molecule has 0 atom stereocenters. The second kappa shape index (κ2) is 6.55. The van der Waals surface area contributed by atoms with Crippen LogP contribution in [0.1, 0.15) is 30.9 Å². The minimum Gasteiger partial charge on any atom is -0.373 e. The van der Waals surface area contributed by atoms with Crippen LogP contribution in [0.4, 0.5) is 17.3 Å². The molecule has 2 rings (SSSR count). The molecule has 2 N–H and O–H groups in total. The van der Waals surface area contributed by atoms with E-state index in [-0.39, 0.29) is 5.92 Å². The maximum Gasteiger partial charge on any atom is 0.139 e. The average Bonchev–Trinajstić information content (AvgIpc) is 2.48. The molecule has 2 aromatic rings. The van der Waals surface area contributed by atoms with Crippen molar-refractivity contribution in [2.45, 2.75) is 19.8 Å². The molecule has 1 aromatic heterocycles. The third-order valence-corrected chi connectivity index (χ3v) is 3.71. The van der Waals surface area contributed by atoms with Gasteiger partial charge in [-0.25, -0.2) is 9.97 Å². The Morgan fingerprint density at radius 3 is 2.52 bits per heavy atom. The van der Waals surface area contributed by atoms with Crippen molar-refractivity contribution in [3.8, 4) is 6.07 Å². The Labute approximate surface area is 132 Å². The van der Waals surface area contributed by atoms with E-state index in [0.29, 0.717) is 5.56 Å². The van der Waals surface area contributed by atoms with Gasteiger partial charge in [-0.3, -0.25) is 0 Å². The Hall–Kier alpha value is -2.13. The molecule has 0 spiro atoms. The molecular weight excluding hydrogens is 330 g/mol. The van der Waals surface area contributed by atoms with Crippen LogP contribution in [0.3, 0.4) is 0 Å². The van der Waals surface area contributed by atoms with Gasteiger partial charge < -0.3 is 10.6 Å². The highest BCUT2D eigenvalue weighted by atomic mass is 79.9. The van der Waals surface area contributed by atoms with Crippen LogP contribution >= 0.6 is 15.9 Å². The molecule has 0 aliphatic carbocycles. The number of aromatic nitrogens is 2. The van der Waals surface area contributed by atoms with E-state index in [1.807, 2.05) is 13.1 Å². The first-order valence-electron chi connectivity index (χ1n) is 6.56. The van der Waals surface area contributed by atoms with Crippen molar-refractivity contribution in [3.63, 3.8) is 0 Å². The van der Waals surface area contributed by atoms with Gasteiger partial charge in [0.05, 0.1) is 17.3 Å². The number of benzene rings is 1. The van der Waals surface area contributed by atoms with Gasteiger partial charge in [-0.05, 0) is 40.0 Å². The SMILES string of the molecule is CNc1ncnc(Nc2ccc(C#N)cc2Br)c1C(C)C. The molecule has 0 amide bonds. The van der Waals surface area contributed by atoms with Gasteiger partial charge in [-0.1, -0.05) is 13.8 Å². The predicted octanol–water partition coefficient (Wildman–Crippen LogP) is 4.02. The van der Waals surface area contributed by atoms with Crippen molar-refractivity contribution in [1.29, 1.82) is 5.26 Å². The largest absolute Gasteiger partial charge is 0.373 e. The van der Waals surface area contributed by atoms with Crippen molar-refractivity contribution in [1.82, 2.24) is 9.97 Å². The molecule has 0 fully saturated rings. The van der Waals surface area contributed by atoms with Crippen LogP contribution < -0.4 is 10.6 Å². The molecule has 1 aromatic carbocycles. The van der Waals surface area contributed by atoms with E-state index in [0.717, 1.165) is 27.4 Å². The van der Waals surface area contributed by atoms with Gasteiger partial charge in [0.1, 0.15) is 18.0 Å². The lowest BCUT2D eigenvalue weighted by Gasteiger charge is -2.17. The van der Waals surface area contributed by atoms with Crippen LogP contribution in [0.25, 0.3) is 0 Å². The van der Waals surface area contributed by atoms with Crippen LogP contribution in [0, 0.1) is 11.3 Å². The summed E-state index contributed by atoms with van der Waals surface area (Å²) >= 11 is 3.47. The van der Waals surface area contributed by atoms with E-state index in [1.165, 1.54) is 6.33 Å². The Morgan fingerprint density at radius 2 is 1.95 bits per heavy atom. The first kappa shape index (κ1) is 15.3. The Morgan fingerprint density at radius 1 is 1.24 bits per heavy atom. The summed E-state index contributed by atoms with van der Waals surface area (Å²) < 4.78 is 0.820. The summed E-state index contributed by atoms with van der Waals surface area (Å²) in [5, 5.41) is 15.3. The van der Waals surface area contributed by atoms with Crippen molar-refractivity contribution >= 4 is 33.3 Å². The number of nitriles is 1. The molecule has 0 aliphatic rings. The summed E-state index contributed by atoms with van der Waals surface area (Å²) in [4.78, 5) is 8.59. The van der Waals surface area contributed by atoms with Crippen molar-refractivity contribution in [2.24, 2.45) is 0 Å². The molecule has 0 radical (unpaired) electrons. The third-order valence-electron chi connectivity index (χ3n) is 3.05. The number of halogens is 1. The van der Waals surface area contributed by atoms with E-state index in [2.05, 4.69) is 56.4 Å². The number of rotatable bonds is 4. The predicted molar refractivity (Wildman–Crippen MR) is 87.8 cm³/mol. The second-order valence-electron chi connectivity index (χ2n) is 4.82. The van der Waals surface area contributed by atoms with Gasteiger partial charge in [0.25, 0.3) is 0 Å². The summed E-state index contributed by atoms with van der Waals surface area (Å²) in [5.41, 5.74) is 2.49. The third kappa shape index (κ3) is 3.31. The van der Waals surface area contributed by atoms with E-state index >= 15 is 0 Å². The molecule has 0 aliphatic heterocycles. The number of nitrogens with zero attached hydrogens (tertiary/aromatic N) is 3. The molecule has 108 valence electrons. The number of hydrogen-bond acceptors (Lipinski definition) is 5. The number of hydrogen-bond donors (Lipinski definition) is 2. The fourth-order valence-corrected chi connectivity index (χ4v) is 2.53. The zero-order chi connectivity index (χ0) is 15.4. The molecular formula is C15H16BrN5. The highest BCUT2D eigenvalue weighted by Crippen LogP contribution is 2.32. The van der Waals surface area contributed by atoms with Crippen LogP contribution in [-0.4, -0.2) is 17.0 Å². The molecule has 21 heavy (non-hydrogen) atoms. The lowest BCUT2D eigenvalue weighted by atomic mass is 10.0. The van der Waals surface area contributed by atoms with E-state index in [4.69, 9.17) is 5.26 Å². The van der Waals surface area contributed by atoms with Crippen LogP contribution in [0.5, 0.6) is 0 Å². The lowest BCUT2D eigenvalue weighted by Crippen LogP contribution is -2.07. The van der Waals surface area contributed by atoms with Crippen LogP contribution in [0.15, 0.2) is 29.0 Å². The fraction of sp³-hybridized carbons (Fsp3) is 0.267. The summed E-state index contributed by atoms with van der Waals surface area (Å²) in [6.07, 6.45) is 1.53. The molecule has 5 nitrogen and oxygen atoms in total. The first-order valence-corrected chi connectivity index (χ1v) is 7.35. The van der Waals surface area contributed by atoms with Gasteiger partial charge in [0, 0.05) is 17.1 Å². The standard InChI is InChI=1S/C15H16BrN5/c1-9(2)13-14(18-3)19-8-20-15(13)21-12-5-4-10(7-17)6-11(12)16/h4-6,8-9H,1-3H3,(H2,18,19,20,21). The van der Waals surface area contributed by atoms with Crippen molar-refractivity contribution in [2.75, 3.05) is 17.7 Å². The van der Waals surface area contributed by atoms with E-state index in [9.17, 15) is 0 Å². The minimum absolute atomic E-state index is 0.272. The fourth-order valence-electron chi connectivity index (χ4n) is 2.05. The van der Waals surface area contributed by atoms with Gasteiger partial charge in [-0.15, -0.1) is 0 Å². The number of anilines is 3. The van der Waals surface area contributed by atoms with Gasteiger partial charge in [-0.2, -0.15) is 5.26 Å². The highest BCUT2D eigenvalue weighted by molar-refractivity contribution is 9.10. The first-order chi connectivity index (χ1) is 10.1. The lowest BCUT2D eigenvalue weighted by molar-refractivity contribution is 0.852. The quantitative estimate of drug-likeness (QED) is 0.875. The minimum atomic E-state index is 0.272. The summed E-state index contributed by atoms with van der Waals surface area (Å²) in [7, 11) is 1.84. The average molecular weight is 346 g/mol. The van der Waals surface area contributed by atoms with Gasteiger partial charge in [0.2, 0.25) is 0 Å². The van der Waals surface area contributed by atoms with E-state index in [1.54, 1.807) is 12.1 Å². The van der Waals surface area contributed by atoms with Crippen LogP contribution in [-0.2, 0) is 0 Å². The molecule has 0 saturated heterocycles. The maximum atomic E-state index is 8.91. The van der Waals surface area contributed by atoms with Crippen molar-refractivity contribution < 1.29 is 0 Å². The Balaban J connectivity index is 2.43. The second-order valence-corrected chi connectivity index (χ2v) is 5.68. The van der Waals surface area contributed by atoms with Gasteiger partial charge in [0.15, 0.2) is 0 Å². The zero-order valence-electron chi connectivity index (χ0n) is 12.1. The smallest absolute Gasteiger partial charge is 0.139 e. The summed E-state index contributed by atoms with van der Waals surface area (Å²) in [6.45, 7) is 4.19. The molecule has 0 unspecified atom stereocenters. The van der Waals surface area contributed by atoms with Crippen molar-refractivity contribution in [3.05, 3.63) is 40.1 Å². The number of nitrogens with one attached hydrogen (secondary N) is 2. The summed E-state index contributed by atoms with van der Waals surface area (Å²) in [6, 6.07) is 7.51.